The van der Waals surface area contributed by atoms with Crippen molar-refractivity contribution in [2.75, 3.05) is 6.61 Å². The molecular formula is C9H5Cl2NaO4. The summed E-state index contributed by atoms with van der Waals surface area (Å²) in [4.78, 5) is 21.4. The average Bonchev–Trinajstić information content (AvgIpc) is 2.14. The molecule has 0 saturated heterocycles. The van der Waals surface area contributed by atoms with E-state index in [2.05, 4.69) is 4.74 Å². The molecule has 0 aliphatic rings. The van der Waals surface area contributed by atoms with Crippen LogP contribution in [-0.4, -0.2) is 18.5 Å². The number of hydrogen-bond donors (Lipinski definition) is 0. The van der Waals surface area contributed by atoms with Crippen molar-refractivity contribution in [2.45, 2.75) is 0 Å². The van der Waals surface area contributed by atoms with Crippen molar-refractivity contribution in [1.82, 2.24) is 0 Å². The summed E-state index contributed by atoms with van der Waals surface area (Å²) in [6, 6.07) is 4.45. The first kappa shape index (κ1) is 15.7. The van der Waals surface area contributed by atoms with Crippen molar-refractivity contribution < 1.29 is 49.0 Å². The minimum atomic E-state index is -1.49. The van der Waals surface area contributed by atoms with Crippen molar-refractivity contribution >= 4 is 35.1 Å². The van der Waals surface area contributed by atoms with Gasteiger partial charge in [-0.05, 0) is 12.1 Å². The quantitative estimate of drug-likeness (QED) is 0.467. The third-order valence-corrected chi connectivity index (χ3v) is 2.12. The summed E-state index contributed by atoms with van der Waals surface area (Å²) in [7, 11) is 0. The molecule has 7 heteroatoms. The van der Waals surface area contributed by atoms with Gasteiger partial charge in [0.15, 0.2) is 0 Å². The molecule has 0 aromatic heterocycles. The molecule has 0 aliphatic heterocycles. The molecule has 0 spiro atoms. The van der Waals surface area contributed by atoms with Crippen LogP contribution in [0.4, 0.5) is 0 Å². The summed E-state index contributed by atoms with van der Waals surface area (Å²) >= 11 is 11.4. The van der Waals surface area contributed by atoms with Crippen LogP contribution < -0.4 is 34.7 Å². The van der Waals surface area contributed by atoms with E-state index in [4.69, 9.17) is 23.2 Å². The Balaban J connectivity index is 0.00000225. The van der Waals surface area contributed by atoms with Gasteiger partial charge >= 0.3 is 35.5 Å². The summed E-state index contributed by atoms with van der Waals surface area (Å²) in [5, 5.41) is 10.3. The summed E-state index contributed by atoms with van der Waals surface area (Å²) in [6.07, 6.45) is 0. The van der Waals surface area contributed by atoms with Crippen LogP contribution in [0.5, 0.6) is 0 Å². The number of hydrogen-bond acceptors (Lipinski definition) is 4. The average molecular weight is 271 g/mol. The SMILES string of the molecule is O=C([O-])COC(=O)c1c(Cl)cccc1Cl.[Na+]. The van der Waals surface area contributed by atoms with E-state index in [9.17, 15) is 14.7 Å². The van der Waals surface area contributed by atoms with Gasteiger partial charge in [0, 0.05) is 0 Å². The minimum absolute atomic E-state index is 0. The fourth-order valence-electron chi connectivity index (χ4n) is 0.889. The number of rotatable bonds is 3. The largest absolute Gasteiger partial charge is 1.00 e. The van der Waals surface area contributed by atoms with Crippen LogP contribution in [0.1, 0.15) is 10.4 Å². The molecule has 0 atom stereocenters. The maximum atomic E-state index is 11.3. The zero-order chi connectivity index (χ0) is 11.4. The van der Waals surface area contributed by atoms with Gasteiger partial charge in [-0.1, -0.05) is 29.3 Å². The summed E-state index contributed by atoms with van der Waals surface area (Å²) in [5.41, 5.74) is -0.0536. The van der Waals surface area contributed by atoms with E-state index >= 15 is 0 Å². The van der Waals surface area contributed by atoms with Gasteiger partial charge < -0.3 is 14.6 Å². The van der Waals surface area contributed by atoms with Crippen LogP contribution in [0.3, 0.4) is 0 Å². The summed E-state index contributed by atoms with van der Waals surface area (Å²) in [5.74, 6) is -2.39. The van der Waals surface area contributed by atoms with Crippen molar-refractivity contribution in [3.05, 3.63) is 33.8 Å². The fourth-order valence-corrected chi connectivity index (χ4v) is 1.44. The van der Waals surface area contributed by atoms with Crippen LogP contribution in [0.25, 0.3) is 0 Å². The number of aliphatic carboxylic acids is 1. The van der Waals surface area contributed by atoms with Gasteiger partial charge in [0.2, 0.25) is 0 Å². The molecule has 0 unspecified atom stereocenters. The first-order valence-corrected chi connectivity index (χ1v) is 4.59. The Bertz CT molecular complexity index is 388. The molecule has 0 heterocycles. The predicted octanol–water partition coefficient (Wildman–Crippen LogP) is -2.10. The first-order valence-electron chi connectivity index (χ1n) is 3.83. The number of ether oxygens (including phenoxy) is 1. The number of esters is 1. The second-order valence-corrected chi connectivity index (χ2v) is 3.36. The second kappa shape index (κ2) is 7.14. The number of carbonyl (C=O) groups is 2. The Hall–Kier alpha value is -0.260. The van der Waals surface area contributed by atoms with E-state index < -0.39 is 18.5 Å². The van der Waals surface area contributed by atoms with Gasteiger partial charge in [-0.15, -0.1) is 0 Å². The molecule has 1 aromatic carbocycles. The Morgan fingerprint density at radius 1 is 1.25 bits per heavy atom. The van der Waals surface area contributed by atoms with E-state index in [1.807, 2.05) is 0 Å². The normalized spacial score (nSPS) is 9.12. The van der Waals surface area contributed by atoms with Crippen LogP contribution in [0, 0.1) is 0 Å². The monoisotopic (exact) mass is 270 g/mol. The molecule has 1 aromatic rings. The van der Waals surface area contributed by atoms with Crippen molar-refractivity contribution in [3.8, 4) is 0 Å². The number of carboxylic acids is 1. The molecule has 0 aliphatic carbocycles. The Morgan fingerprint density at radius 3 is 2.19 bits per heavy atom. The van der Waals surface area contributed by atoms with E-state index in [1.54, 1.807) is 6.07 Å². The van der Waals surface area contributed by atoms with Gasteiger partial charge in [0.05, 0.1) is 21.6 Å². The molecule has 0 saturated carbocycles. The molecular weight excluding hydrogens is 266 g/mol. The number of benzene rings is 1. The number of carbonyl (C=O) groups excluding carboxylic acids is 2. The van der Waals surface area contributed by atoms with Gasteiger partial charge in [0.1, 0.15) is 6.61 Å². The van der Waals surface area contributed by atoms with Crippen molar-refractivity contribution in [2.24, 2.45) is 0 Å². The standard InChI is InChI=1S/C9H6Cl2O4.Na/c10-5-2-1-3-6(11)8(5)9(14)15-4-7(12)13;/h1-3H,4H2,(H,12,13);/q;+1/p-1. The predicted molar refractivity (Wildman–Crippen MR) is 51.8 cm³/mol. The third kappa shape index (κ3) is 4.31. The zero-order valence-corrected chi connectivity index (χ0v) is 11.8. The molecule has 0 fully saturated rings. The van der Waals surface area contributed by atoms with Gasteiger partial charge in [0.25, 0.3) is 0 Å². The third-order valence-electron chi connectivity index (χ3n) is 1.49. The van der Waals surface area contributed by atoms with Crippen LogP contribution in [0.15, 0.2) is 18.2 Å². The molecule has 16 heavy (non-hydrogen) atoms. The summed E-state index contributed by atoms with van der Waals surface area (Å²) in [6.45, 7) is -0.833. The smallest absolute Gasteiger partial charge is 0.546 e. The van der Waals surface area contributed by atoms with Gasteiger partial charge in [-0.2, -0.15) is 0 Å². The van der Waals surface area contributed by atoms with Crippen molar-refractivity contribution in [1.29, 1.82) is 0 Å². The zero-order valence-electron chi connectivity index (χ0n) is 8.33. The van der Waals surface area contributed by atoms with Crippen molar-refractivity contribution in [3.63, 3.8) is 0 Å². The fraction of sp³-hybridized carbons (Fsp3) is 0.111. The Kier molecular flexibility index (Phi) is 7.03. The van der Waals surface area contributed by atoms with Crippen LogP contribution in [-0.2, 0) is 9.53 Å². The maximum Gasteiger partial charge on any atom is 1.00 e. The molecule has 80 valence electrons. The second-order valence-electron chi connectivity index (χ2n) is 2.54. The molecule has 1 rings (SSSR count). The van der Waals surface area contributed by atoms with Crippen LogP contribution >= 0.6 is 23.2 Å². The number of halogens is 2. The number of carboxylic acid groups (broad SMARTS) is 1. The van der Waals surface area contributed by atoms with Gasteiger partial charge in [-0.3, -0.25) is 0 Å². The Morgan fingerprint density at radius 2 is 1.75 bits per heavy atom. The molecule has 0 amide bonds. The van der Waals surface area contributed by atoms with E-state index in [0.29, 0.717) is 0 Å². The van der Waals surface area contributed by atoms with E-state index in [-0.39, 0.29) is 45.2 Å². The topological polar surface area (TPSA) is 66.4 Å². The maximum absolute atomic E-state index is 11.3. The minimum Gasteiger partial charge on any atom is -0.546 e. The molecule has 0 N–H and O–H groups in total. The van der Waals surface area contributed by atoms with Gasteiger partial charge in [-0.25, -0.2) is 4.79 Å². The Labute approximate surface area is 124 Å². The van der Waals surface area contributed by atoms with E-state index in [0.717, 1.165) is 0 Å². The molecule has 4 nitrogen and oxygen atoms in total. The first-order chi connectivity index (χ1) is 7.02. The molecule has 0 bridgehead atoms. The summed E-state index contributed by atoms with van der Waals surface area (Å²) < 4.78 is 4.38. The van der Waals surface area contributed by atoms with E-state index in [1.165, 1.54) is 12.1 Å². The van der Waals surface area contributed by atoms with Crippen LogP contribution in [0.2, 0.25) is 10.0 Å². The molecule has 0 radical (unpaired) electrons.